The van der Waals surface area contributed by atoms with Crippen LogP contribution in [0.5, 0.6) is 0 Å². The number of hydrogen-bond acceptors (Lipinski definition) is 3. The number of allylic oxidation sites excluding steroid dienone is 6. The van der Waals surface area contributed by atoms with Crippen LogP contribution in [0, 0.1) is 6.92 Å². The van der Waals surface area contributed by atoms with Gasteiger partial charge in [0.25, 0.3) is 0 Å². The fourth-order valence-corrected chi connectivity index (χ4v) is 3.73. The van der Waals surface area contributed by atoms with Crippen molar-refractivity contribution >= 4 is 11.4 Å². The van der Waals surface area contributed by atoms with Gasteiger partial charge in [0.2, 0.25) is 0 Å². The minimum Gasteiger partial charge on any atom is -0.350 e. The molecule has 2 aromatic carbocycles. The van der Waals surface area contributed by atoms with Gasteiger partial charge in [-0.2, -0.15) is 0 Å². The van der Waals surface area contributed by atoms with Gasteiger partial charge in [0.1, 0.15) is 18.2 Å². The van der Waals surface area contributed by atoms with E-state index in [0.717, 1.165) is 28.1 Å². The van der Waals surface area contributed by atoms with E-state index < -0.39 is 0 Å². The number of nitrogens with one attached hydrogen (secondary N) is 2. The van der Waals surface area contributed by atoms with E-state index in [1.165, 1.54) is 11.1 Å². The first-order valence-electron chi connectivity index (χ1n) is 11.6. The molecule has 3 rings (SSSR count). The van der Waals surface area contributed by atoms with Gasteiger partial charge in [0, 0.05) is 5.56 Å². The number of nitrogens with zero attached hydrogens (tertiary/aromatic N) is 1. The quantitative estimate of drug-likeness (QED) is 0.445. The van der Waals surface area contributed by atoms with Gasteiger partial charge in [-0.1, -0.05) is 99.9 Å². The summed E-state index contributed by atoms with van der Waals surface area (Å²) in [5, 5.41) is 7.23. The molecule has 172 valence electrons. The van der Waals surface area contributed by atoms with E-state index in [1.807, 2.05) is 51.1 Å². The molecule has 2 atom stereocenters. The molecule has 2 aromatic rings. The molecule has 3 heteroatoms. The Balaban J connectivity index is 0.00000187. The Kier molecular flexibility index (Phi) is 10.3. The maximum atomic E-state index is 5.04. The zero-order chi connectivity index (χ0) is 24.2. The maximum Gasteiger partial charge on any atom is 0.131 e. The van der Waals surface area contributed by atoms with Crippen LogP contribution in [0.15, 0.2) is 109 Å². The van der Waals surface area contributed by atoms with Crippen molar-refractivity contribution in [2.24, 2.45) is 4.99 Å². The summed E-state index contributed by atoms with van der Waals surface area (Å²) < 4.78 is 0. The molecule has 0 bridgehead atoms. The molecule has 0 fully saturated rings. The standard InChI is InChI=1S/C28H31N3.C2H6/c1-6-13-21(8-3)24-17-20(5)18-25(19-24)28-30-26(22(9-4)14-7-2)29-27(31-28)23-15-11-10-12-16-23;1-2/h6-19,26-27,29H,1,3H2,2,4-5H3,(H,30,31);1-2H3/b14-7-,21-13+,22-9+;. The average molecular weight is 440 g/mol. The Morgan fingerprint density at radius 2 is 1.76 bits per heavy atom. The van der Waals surface area contributed by atoms with Crippen LogP contribution in [0.2, 0.25) is 0 Å². The summed E-state index contributed by atoms with van der Waals surface area (Å²) in [6.07, 6.45) is 11.7. The second-order valence-electron chi connectivity index (χ2n) is 7.47. The lowest BCUT2D eigenvalue weighted by atomic mass is 9.98. The molecule has 1 aliphatic heterocycles. The topological polar surface area (TPSA) is 36.4 Å². The highest BCUT2D eigenvalue weighted by atomic mass is 15.3. The van der Waals surface area contributed by atoms with Gasteiger partial charge in [-0.05, 0) is 60.7 Å². The van der Waals surface area contributed by atoms with Crippen LogP contribution < -0.4 is 10.6 Å². The summed E-state index contributed by atoms with van der Waals surface area (Å²) >= 11 is 0. The number of aliphatic imine (C=N–C) groups is 1. The molecule has 0 saturated carbocycles. The molecular weight excluding hydrogens is 402 g/mol. The number of rotatable bonds is 7. The first kappa shape index (κ1) is 25.8. The Morgan fingerprint density at radius 3 is 2.36 bits per heavy atom. The Morgan fingerprint density at radius 1 is 1.03 bits per heavy atom. The van der Waals surface area contributed by atoms with Crippen molar-refractivity contribution in [2.45, 2.75) is 47.0 Å². The van der Waals surface area contributed by atoms with Gasteiger partial charge in [0.15, 0.2) is 0 Å². The number of benzene rings is 2. The van der Waals surface area contributed by atoms with E-state index >= 15 is 0 Å². The molecular formula is C30H37N3. The van der Waals surface area contributed by atoms with Crippen molar-refractivity contribution in [1.82, 2.24) is 10.6 Å². The highest BCUT2D eigenvalue weighted by Crippen LogP contribution is 2.24. The Bertz CT molecular complexity index is 1060. The van der Waals surface area contributed by atoms with E-state index in [4.69, 9.17) is 4.99 Å². The minimum atomic E-state index is -0.144. The lowest BCUT2D eigenvalue weighted by Gasteiger charge is -2.33. The lowest BCUT2D eigenvalue weighted by molar-refractivity contribution is 0.441. The summed E-state index contributed by atoms with van der Waals surface area (Å²) in [5.74, 6) is 0.869. The van der Waals surface area contributed by atoms with Crippen LogP contribution >= 0.6 is 0 Å². The molecule has 0 saturated heterocycles. The van der Waals surface area contributed by atoms with E-state index in [1.54, 1.807) is 6.08 Å². The maximum absolute atomic E-state index is 5.04. The Hall–Kier alpha value is -3.43. The number of hydrogen-bond donors (Lipinski definition) is 2. The predicted octanol–water partition coefficient (Wildman–Crippen LogP) is 7.26. The van der Waals surface area contributed by atoms with Crippen molar-refractivity contribution in [2.75, 3.05) is 0 Å². The van der Waals surface area contributed by atoms with Crippen molar-refractivity contribution in [1.29, 1.82) is 0 Å². The molecule has 0 spiro atoms. The zero-order valence-electron chi connectivity index (χ0n) is 20.6. The van der Waals surface area contributed by atoms with E-state index in [0.29, 0.717) is 0 Å². The molecule has 1 aliphatic rings. The van der Waals surface area contributed by atoms with Crippen molar-refractivity contribution in [3.8, 4) is 0 Å². The lowest BCUT2D eigenvalue weighted by Crippen LogP contribution is -2.52. The molecule has 0 aromatic heterocycles. The van der Waals surface area contributed by atoms with Crippen molar-refractivity contribution < 1.29 is 0 Å². The fraction of sp³-hybridized carbons (Fsp3) is 0.233. The van der Waals surface area contributed by atoms with E-state index in [2.05, 4.69) is 86.2 Å². The smallest absolute Gasteiger partial charge is 0.131 e. The fourth-order valence-electron chi connectivity index (χ4n) is 3.73. The summed E-state index contributed by atoms with van der Waals surface area (Å²) in [6, 6.07) is 16.8. The van der Waals surface area contributed by atoms with Crippen LogP contribution in [-0.2, 0) is 0 Å². The van der Waals surface area contributed by atoms with E-state index in [-0.39, 0.29) is 12.3 Å². The van der Waals surface area contributed by atoms with Gasteiger partial charge in [-0.25, -0.2) is 4.99 Å². The molecule has 33 heavy (non-hydrogen) atoms. The highest BCUT2D eigenvalue weighted by Gasteiger charge is 2.25. The normalized spacial score (nSPS) is 18.6. The average Bonchev–Trinajstić information content (AvgIpc) is 2.86. The molecule has 2 N–H and O–H groups in total. The van der Waals surface area contributed by atoms with Crippen molar-refractivity contribution in [3.05, 3.63) is 126 Å². The molecule has 0 aliphatic carbocycles. The third-order valence-corrected chi connectivity index (χ3v) is 5.21. The SMILES string of the molecule is C=C/C=C(\C=C)c1cc(C)cc(C2=NC(c3ccccc3)NC(C(/C=C\C)=C/C)N2)c1.CC. The third-order valence-electron chi connectivity index (χ3n) is 5.21. The summed E-state index contributed by atoms with van der Waals surface area (Å²) in [4.78, 5) is 5.04. The Labute approximate surface area is 200 Å². The van der Waals surface area contributed by atoms with Gasteiger partial charge < -0.3 is 5.32 Å². The number of aryl methyl sites for hydroxylation is 1. The third kappa shape index (κ3) is 6.77. The molecule has 1 heterocycles. The van der Waals surface area contributed by atoms with Gasteiger partial charge >= 0.3 is 0 Å². The first-order valence-corrected chi connectivity index (χ1v) is 11.6. The summed E-state index contributed by atoms with van der Waals surface area (Å²) in [5.41, 5.74) is 6.65. The van der Waals surface area contributed by atoms with Gasteiger partial charge in [0.05, 0.1) is 0 Å². The second-order valence-corrected chi connectivity index (χ2v) is 7.47. The molecule has 0 amide bonds. The zero-order valence-corrected chi connectivity index (χ0v) is 20.6. The first-order chi connectivity index (χ1) is 16.1. The van der Waals surface area contributed by atoms with Crippen LogP contribution in [-0.4, -0.2) is 12.0 Å². The van der Waals surface area contributed by atoms with Crippen molar-refractivity contribution in [3.63, 3.8) is 0 Å². The van der Waals surface area contributed by atoms with Gasteiger partial charge in [-0.15, -0.1) is 0 Å². The second kappa shape index (κ2) is 13.2. The number of amidine groups is 1. The molecule has 2 unspecified atom stereocenters. The minimum absolute atomic E-state index is 0.0505. The largest absolute Gasteiger partial charge is 0.350 e. The van der Waals surface area contributed by atoms with Crippen LogP contribution in [0.1, 0.15) is 56.1 Å². The monoisotopic (exact) mass is 439 g/mol. The summed E-state index contributed by atoms with van der Waals surface area (Å²) in [6.45, 7) is 18.0. The predicted molar refractivity (Wildman–Crippen MR) is 145 cm³/mol. The highest BCUT2D eigenvalue weighted by molar-refractivity contribution is 6.00. The van der Waals surface area contributed by atoms with Crippen LogP contribution in [0.25, 0.3) is 5.57 Å². The van der Waals surface area contributed by atoms with Gasteiger partial charge in [-0.3, -0.25) is 5.32 Å². The van der Waals surface area contributed by atoms with Crippen LogP contribution in [0.3, 0.4) is 0 Å². The van der Waals surface area contributed by atoms with Crippen LogP contribution in [0.4, 0.5) is 0 Å². The molecule has 3 nitrogen and oxygen atoms in total. The summed E-state index contributed by atoms with van der Waals surface area (Å²) in [7, 11) is 0. The van der Waals surface area contributed by atoms with E-state index in [9.17, 15) is 0 Å². The molecule has 0 radical (unpaired) electrons.